The van der Waals surface area contributed by atoms with Gasteiger partial charge in [0.25, 0.3) is 0 Å². The van der Waals surface area contributed by atoms with Crippen LogP contribution in [0.5, 0.6) is 0 Å². The van der Waals surface area contributed by atoms with Crippen molar-refractivity contribution in [2.24, 2.45) is 0 Å². The Kier molecular flexibility index (Phi) is 3.56. The summed E-state index contributed by atoms with van der Waals surface area (Å²) in [6.07, 6.45) is 10.1. The van der Waals surface area contributed by atoms with Gasteiger partial charge < -0.3 is 10.4 Å². The minimum Gasteiger partial charge on any atom is -0.481 e. The first-order valence-electron chi connectivity index (χ1n) is 5.96. The molecule has 1 aliphatic carbocycles. The van der Waals surface area contributed by atoms with Gasteiger partial charge in [-0.2, -0.15) is 0 Å². The van der Waals surface area contributed by atoms with Crippen LogP contribution in [-0.2, 0) is 4.79 Å². The lowest BCUT2D eigenvalue weighted by Gasteiger charge is -2.37. The highest BCUT2D eigenvalue weighted by molar-refractivity contribution is 5.69. The van der Waals surface area contributed by atoms with Gasteiger partial charge in [0.05, 0.1) is 12.6 Å². The van der Waals surface area contributed by atoms with E-state index in [1.54, 1.807) is 18.6 Å². The molecule has 1 saturated carbocycles. The molecule has 17 heavy (non-hydrogen) atoms. The van der Waals surface area contributed by atoms with E-state index in [9.17, 15) is 4.79 Å². The predicted octanol–water partition coefficient (Wildman–Crippen LogP) is 2.07. The number of carboxylic acid groups (broad SMARTS) is 1. The fourth-order valence-electron chi connectivity index (χ4n) is 2.50. The number of nitrogens with one attached hydrogen (secondary N) is 1. The Bertz CT molecular complexity index is 375. The summed E-state index contributed by atoms with van der Waals surface area (Å²) in [5, 5.41) is 12.3. The number of carbonyl (C=O) groups is 1. The van der Waals surface area contributed by atoms with Gasteiger partial charge in [-0.3, -0.25) is 9.78 Å². The smallest absolute Gasteiger partial charge is 0.305 e. The molecule has 0 aliphatic heterocycles. The number of aromatic nitrogens is 2. The van der Waals surface area contributed by atoms with E-state index in [1.165, 1.54) is 6.42 Å². The fraction of sp³-hybridized carbons (Fsp3) is 0.583. The maximum atomic E-state index is 11.0. The van der Waals surface area contributed by atoms with Crippen LogP contribution in [0.25, 0.3) is 0 Å². The topological polar surface area (TPSA) is 75.1 Å². The zero-order chi connectivity index (χ0) is 12.1. The number of aliphatic carboxylic acids is 1. The monoisotopic (exact) mass is 235 g/mol. The number of hydrogen-bond acceptors (Lipinski definition) is 4. The summed E-state index contributed by atoms with van der Waals surface area (Å²) in [4.78, 5) is 19.1. The average Bonchev–Trinajstić information content (AvgIpc) is 2.30. The number of nitrogens with zero attached hydrogens (tertiary/aromatic N) is 2. The van der Waals surface area contributed by atoms with Gasteiger partial charge in [-0.05, 0) is 12.8 Å². The van der Waals surface area contributed by atoms with E-state index in [0.29, 0.717) is 5.82 Å². The Morgan fingerprint density at radius 1 is 1.35 bits per heavy atom. The van der Waals surface area contributed by atoms with Crippen LogP contribution in [0.1, 0.15) is 38.5 Å². The summed E-state index contributed by atoms with van der Waals surface area (Å²) >= 11 is 0. The molecular weight excluding hydrogens is 218 g/mol. The van der Waals surface area contributed by atoms with Crippen LogP contribution in [0.4, 0.5) is 5.82 Å². The van der Waals surface area contributed by atoms with Crippen molar-refractivity contribution in [2.45, 2.75) is 44.1 Å². The largest absolute Gasteiger partial charge is 0.481 e. The SMILES string of the molecule is O=C(O)CC1(Nc2cnccn2)CCCCC1. The zero-order valence-electron chi connectivity index (χ0n) is 9.72. The van der Waals surface area contributed by atoms with Crippen molar-refractivity contribution in [3.63, 3.8) is 0 Å². The lowest BCUT2D eigenvalue weighted by Crippen LogP contribution is -2.42. The van der Waals surface area contributed by atoms with Gasteiger partial charge in [0.2, 0.25) is 0 Å². The highest BCUT2D eigenvalue weighted by Crippen LogP contribution is 2.33. The van der Waals surface area contributed by atoms with E-state index in [-0.39, 0.29) is 12.0 Å². The van der Waals surface area contributed by atoms with E-state index < -0.39 is 5.97 Å². The van der Waals surface area contributed by atoms with Crippen LogP contribution in [0.2, 0.25) is 0 Å². The van der Waals surface area contributed by atoms with E-state index in [1.807, 2.05) is 0 Å². The predicted molar refractivity (Wildman–Crippen MR) is 63.7 cm³/mol. The van der Waals surface area contributed by atoms with E-state index in [2.05, 4.69) is 15.3 Å². The van der Waals surface area contributed by atoms with E-state index in [4.69, 9.17) is 5.11 Å². The molecule has 1 aromatic heterocycles. The molecule has 2 rings (SSSR count). The van der Waals surface area contributed by atoms with Crippen molar-refractivity contribution in [3.05, 3.63) is 18.6 Å². The van der Waals surface area contributed by atoms with Crippen molar-refractivity contribution >= 4 is 11.8 Å². The molecule has 0 radical (unpaired) electrons. The Morgan fingerprint density at radius 2 is 2.12 bits per heavy atom. The first kappa shape index (κ1) is 11.8. The van der Waals surface area contributed by atoms with Gasteiger partial charge in [-0.15, -0.1) is 0 Å². The molecule has 5 nitrogen and oxygen atoms in total. The van der Waals surface area contributed by atoms with Gasteiger partial charge in [-0.1, -0.05) is 19.3 Å². The Hall–Kier alpha value is -1.65. The van der Waals surface area contributed by atoms with Crippen LogP contribution in [-0.4, -0.2) is 26.6 Å². The van der Waals surface area contributed by atoms with Gasteiger partial charge in [0.1, 0.15) is 5.82 Å². The molecular formula is C12H17N3O2. The molecule has 0 bridgehead atoms. The van der Waals surface area contributed by atoms with Crippen LogP contribution in [0.3, 0.4) is 0 Å². The second kappa shape index (κ2) is 5.12. The average molecular weight is 235 g/mol. The first-order valence-corrected chi connectivity index (χ1v) is 5.96. The third-order valence-corrected chi connectivity index (χ3v) is 3.26. The number of carboxylic acids is 1. The molecule has 1 aromatic rings. The molecule has 5 heteroatoms. The van der Waals surface area contributed by atoms with Crippen LogP contribution >= 0.6 is 0 Å². The lowest BCUT2D eigenvalue weighted by atomic mass is 9.79. The van der Waals surface area contributed by atoms with Gasteiger partial charge >= 0.3 is 5.97 Å². The third kappa shape index (κ3) is 3.15. The fourth-order valence-corrected chi connectivity index (χ4v) is 2.50. The summed E-state index contributed by atoms with van der Waals surface area (Å²) in [5.74, 6) is -0.0982. The van der Waals surface area contributed by atoms with Crippen molar-refractivity contribution in [3.8, 4) is 0 Å². The second-order valence-electron chi connectivity index (χ2n) is 4.63. The van der Waals surface area contributed by atoms with E-state index in [0.717, 1.165) is 25.7 Å². The Morgan fingerprint density at radius 3 is 2.71 bits per heavy atom. The summed E-state index contributed by atoms with van der Waals surface area (Å²) in [7, 11) is 0. The van der Waals surface area contributed by atoms with Crippen molar-refractivity contribution < 1.29 is 9.90 Å². The second-order valence-corrected chi connectivity index (χ2v) is 4.63. The number of anilines is 1. The molecule has 1 aliphatic rings. The maximum Gasteiger partial charge on any atom is 0.305 e. The van der Waals surface area contributed by atoms with Crippen molar-refractivity contribution in [1.82, 2.24) is 9.97 Å². The van der Waals surface area contributed by atoms with Gasteiger partial charge in [0.15, 0.2) is 0 Å². The standard InChI is InChI=1S/C12H17N3O2/c16-11(17)8-12(4-2-1-3-5-12)15-10-9-13-6-7-14-10/h6-7,9H,1-5,8H2,(H,14,15)(H,16,17). The molecule has 0 amide bonds. The molecule has 1 heterocycles. The molecule has 2 N–H and O–H groups in total. The molecule has 0 atom stereocenters. The molecule has 0 spiro atoms. The first-order chi connectivity index (χ1) is 8.20. The summed E-state index contributed by atoms with van der Waals surface area (Å²) in [6.45, 7) is 0. The molecule has 0 saturated heterocycles. The molecule has 1 fully saturated rings. The van der Waals surface area contributed by atoms with Gasteiger partial charge in [0, 0.05) is 17.9 Å². The van der Waals surface area contributed by atoms with Crippen molar-refractivity contribution in [2.75, 3.05) is 5.32 Å². The van der Waals surface area contributed by atoms with E-state index >= 15 is 0 Å². The molecule has 0 unspecified atom stereocenters. The summed E-state index contributed by atoms with van der Waals surface area (Å²) in [5.41, 5.74) is -0.347. The zero-order valence-corrected chi connectivity index (χ0v) is 9.72. The normalized spacial score (nSPS) is 18.6. The van der Waals surface area contributed by atoms with Crippen LogP contribution in [0.15, 0.2) is 18.6 Å². The number of rotatable bonds is 4. The molecule has 92 valence electrons. The molecule has 0 aromatic carbocycles. The van der Waals surface area contributed by atoms with Crippen LogP contribution in [0, 0.1) is 0 Å². The lowest BCUT2D eigenvalue weighted by molar-refractivity contribution is -0.138. The third-order valence-electron chi connectivity index (χ3n) is 3.26. The summed E-state index contributed by atoms with van der Waals surface area (Å²) in [6, 6.07) is 0. The highest BCUT2D eigenvalue weighted by atomic mass is 16.4. The quantitative estimate of drug-likeness (QED) is 0.835. The Balaban J connectivity index is 2.12. The maximum absolute atomic E-state index is 11.0. The Labute approximate surface area is 100 Å². The number of hydrogen-bond donors (Lipinski definition) is 2. The summed E-state index contributed by atoms with van der Waals surface area (Å²) < 4.78 is 0. The highest BCUT2D eigenvalue weighted by Gasteiger charge is 2.34. The minimum atomic E-state index is -0.761. The van der Waals surface area contributed by atoms with Gasteiger partial charge in [-0.25, -0.2) is 4.98 Å². The minimum absolute atomic E-state index is 0.142. The van der Waals surface area contributed by atoms with Crippen LogP contribution < -0.4 is 5.32 Å². The van der Waals surface area contributed by atoms with Crippen molar-refractivity contribution in [1.29, 1.82) is 0 Å².